The van der Waals surface area contributed by atoms with Gasteiger partial charge in [-0.3, -0.25) is 4.79 Å². The molecule has 1 aromatic carbocycles. The number of nitrogens with one attached hydrogen (secondary N) is 3. The van der Waals surface area contributed by atoms with E-state index >= 15 is 0 Å². The third-order valence-corrected chi connectivity index (χ3v) is 6.40. The number of pyridine rings is 1. The first-order valence-corrected chi connectivity index (χ1v) is 13.4. The lowest BCUT2D eigenvalue weighted by atomic mass is 10.0. The maximum atomic E-state index is 12.7. The normalized spacial score (nSPS) is 15.5. The van der Waals surface area contributed by atoms with E-state index in [4.69, 9.17) is 19.9 Å². The van der Waals surface area contributed by atoms with Gasteiger partial charge in [-0.25, -0.2) is 15.0 Å². The van der Waals surface area contributed by atoms with Crippen molar-refractivity contribution >= 4 is 23.7 Å². The van der Waals surface area contributed by atoms with Crippen molar-refractivity contribution in [2.45, 2.75) is 78.0 Å². The summed E-state index contributed by atoms with van der Waals surface area (Å²) in [6.07, 6.45) is 7.61. The van der Waals surface area contributed by atoms with Gasteiger partial charge in [-0.1, -0.05) is 6.07 Å². The Bertz CT molecular complexity index is 1300. The fraction of sp³-hybridized carbons (Fsp3) is 0.433. The van der Waals surface area contributed by atoms with Crippen LogP contribution in [0, 0.1) is 12.3 Å². The van der Waals surface area contributed by atoms with E-state index in [1.54, 1.807) is 12.4 Å². The van der Waals surface area contributed by atoms with E-state index in [0.717, 1.165) is 29.9 Å². The van der Waals surface area contributed by atoms with Crippen LogP contribution in [0.3, 0.4) is 0 Å². The second-order valence-corrected chi connectivity index (χ2v) is 10.9. The third-order valence-electron chi connectivity index (χ3n) is 6.40. The lowest BCUT2D eigenvalue weighted by molar-refractivity contribution is -0.155. The number of benzene rings is 1. The number of carbonyl (C=O) groups excluding carboxylic acids is 1. The number of esters is 1. The molecule has 2 unspecified atom stereocenters. The number of rotatable bonds is 10. The van der Waals surface area contributed by atoms with Crippen LogP contribution in [0.15, 0.2) is 42.7 Å². The van der Waals surface area contributed by atoms with Crippen LogP contribution in [0.4, 0.5) is 11.5 Å². The molecule has 0 amide bonds. The molecule has 0 saturated carbocycles. The molecule has 2 atom stereocenters. The third kappa shape index (κ3) is 7.99. The molecule has 9 nitrogen and oxygen atoms in total. The highest BCUT2D eigenvalue weighted by Crippen LogP contribution is 2.28. The van der Waals surface area contributed by atoms with Crippen molar-refractivity contribution in [2.75, 3.05) is 17.2 Å². The van der Waals surface area contributed by atoms with Crippen LogP contribution in [0.5, 0.6) is 5.75 Å². The van der Waals surface area contributed by atoms with E-state index in [2.05, 4.69) is 39.7 Å². The zero-order valence-electron chi connectivity index (χ0n) is 23.4. The van der Waals surface area contributed by atoms with E-state index < -0.39 is 11.6 Å². The van der Waals surface area contributed by atoms with Crippen LogP contribution in [-0.2, 0) is 22.4 Å². The number of aromatic nitrogens is 3. The van der Waals surface area contributed by atoms with Gasteiger partial charge in [0.25, 0.3) is 0 Å². The molecule has 0 fully saturated rings. The van der Waals surface area contributed by atoms with E-state index in [9.17, 15) is 4.79 Å². The zero-order valence-corrected chi connectivity index (χ0v) is 23.4. The highest BCUT2D eigenvalue weighted by atomic mass is 16.6. The minimum atomic E-state index is -0.589. The lowest BCUT2D eigenvalue weighted by Crippen LogP contribution is -2.26. The average molecular weight is 531 g/mol. The van der Waals surface area contributed by atoms with E-state index in [-0.39, 0.29) is 12.4 Å². The van der Waals surface area contributed by atoms with Gasteiger partial charge in [0, 0.05) is 53.6 Å². The van der Waals surface area contributed by atoms with Gasteiger partial charge in [-0.05, 0) is 77.3 Å². The monoisotopic (exact) mass is 530 g/mol. The smallest absolute Gasteiger partial charge is 0.308 e. The van der Waals surface area contributed by atoms with Gasteiger partial charge < -0.3 is 25.5 Å². The van der Waals surface area contributed by atoms with Crippen LogP contribution in [0.25, 0.3) is 0 Å². The Morgan fingerprint density at radius 3 is 2.72 bits per heavy atom. The molecule has 9 heteroatoms. The summed E-state index contributed by atoms with van der Waals surface area (Å²) in [6.45, 7) is 9.97. The van der Waals surface area contributed by atoms with Crippen LogP contribution in [0.1, 0.15) is 74.8 Å². The second-order valence-electron chi connectivity index (χ2n) is 10.9. The van der Waals surface area contributed by atoms with Crippen molar-refractivity contribution < 1.29 is 14.3 Å². The number of nitrogens with zero attached hydrogens (tertiary/aromatic N) is 3. The minimum Gasteiger partial charge on any atom is -0.493 e. The molecule has 1 aliphatic heterocycles. The van der Waals surface area contributed by atoms with Gasteiger partial charge in [-0.15, -0.1) is 0 Å². The quantitative estimate of drug-likeness (QED) is 0.234. The molecule has 0 saturated heterocycles. The molecular formula is C30H38N6O3. The van der Waals surface area contributed by atoms with Gasteiger partial charge in [0.1, 0.15) is 23.0 Å². The van der Waals surface area contributed by atoms with Crippen molar-refractivity contribution in [1.29, 1.82) is 5.41 Å². The Labute approximate surface area is 230 Å². The first kappa shape index (κ1) is 28.0. The van der Waals surface area contributed by atoms with Crippen LogP contribution >= 0.6 is 0 Å². The van der Waals surface area contributed by atoms with Gasteiger partial charge in [0.15, 0.2) is 0 Å². The fourth-order valence-electron chi connectivity index (χ4n) is 4.40. The summed E-state index contributed by atoms with van der Waals surface area (Å²) in [4.78, 5) is 26.0. The van der Waals surface area contributed by atoms with Crippen LogP contribution in [-0.4, -0.2) is 45.4 Å². The SMILES string of the molecule is Cc1ncc(C(CC(=O)OC(C)(C)C)Nc2ccc(OCCc3ccc4c(n3)NC(C)CC4)cc2C=N)cn1. The molecule has 0 bridgehead atoms. The van der Waals surface area contributed by atoms with Crippen molar-refractivity contribution in [3.05, 3.63) is 70.9 Å². The summed E-state index contributed by atoms with van der Waals surface area (Å²) in [5, 5.41) is 14.8. The fourth-order valence-corrected chi connectivity index (χ4v) is 4.40. The summed E-state index contributed by atoms with van der Waals surface area (Å²) in [7, 11) is 0. The molecule has 0 aliphatic carbocycles. The van der Waals surface area contributed by atoms with Gasteiger partial charge in [0.05, 0.1) is 19.1 Å². The Kier molecular flexibility index (Phi) is 8.79. The number of ether oxygens (including phenoxy) is 2. The summed E-state index contributed by atoms with van der Waals surface area (Å²) in [5.74, 6) is 1.95. The van der Waals surface area contributed by atoms with E-state index in [1.165, 1.54) is 11.8 Å². The molecule has 3 aromatic rings. The molecule has 4 rings (SSSR count). The highest BCUT2D eigenvalue weighted by molar-refractivity contribution is 5.87. The topological polar surface area (TPSA) is 122 Å². The number of hydrogen-bond donors (Lipinski definition) is 3. The highest BCUT2D eigenvalue weighted by Gasteiger charge is 2.23. The maximum absolute atomic E-state index is 12.7. The Morgan fingerprint density at radius 1 is 1.23 bits per heavy atom. The molecular weight excluding hydrogens is 492 g/mol. The van der Waals surface area contributed by atoms with Crippen molar-refractivity contribution in [1.82, 2.24) is 15.0 Å². The number of anilines is 2. The number of fused-ring (bicyclic) bond motifs is 1. The number of carbonyl (C=O) groups is 1. The van der Waals surface area contributed by atoms with Crippen molar-refractivity contribution in [2.24, 2.45) is 0 Å². The van der Waals surface area contributed by atoms with Crippen molar-refractivity contribution in [3.63, 3.8) is 0 Å². The summed E-state index contributed by atoms with van der Waals surface area (Å²) in [6, 6.07) is 9.74. The van der Waals surface area contributed by atoms with Gasteiger partial charge in [0.2, 0.25) is 0 Å². The summed E-state index contributed by atoms with van der Waals surface area (Å²) in [5.41, 5.74) is 3.74. The Morgan fingerprint density at radius 2 is 2.00 bits per heavy atom. The molecule has 3 N–H and O–H groups in total. The van der Waals surface area contributed by atoms with E-state index in [1.807, 2.05) is 45.9 Å². The number of hydrogen-bond acceptors (Lipinski definition) is 9. The first-order chi connectivity index (χ1) is 18.6. The average Bonchev–Trinajstić information content (AvgIpc) is 2.88. The van der Waals surface area contributed by atoms with Crippen LogP contribution < -0.4 is 15.4 Å². The van der Waals surface area contributed by atoms with Gasteiger partial charge in [-0.2, -0.15) is 0 Å². The Balaban J connectivity index is 1.43. The maximum Gasteiger partial charge on any atom is 0.308 e. The summed E-state index contributed by atoms with van der Waals surface area (Å²) >= 11 is 0. The molecule has 39 heavy (non-hydrogen) atoms. The molecule has 0 radical (unpaired) electrons. The van der Waals surface area contributed by atoms with Crippen molar-refractivity contribution in [3.8, 4) is 5.75 Å². The number of aryl methyl sites for hydroxylation is 2. The first-order valence-electron chi connectivity index (χ1n) is 13.4. The predicted molar refractivity (Wildman–Crippen MR) is 153 cm³/mol. The lowest BCUT2D eigenvalue weighted by Gasteiger charge is -2.24. The predicted octanol–water partition coefficient (Wildman–Crippen LogP) is 5.43. The van der Waals surface area contributed by atoms with Crippen LogP contribution in [0.2, 0.25) is 0 Å². The molecule has 3 heterocycles. The minimum absolute atomic E-state index is 0.0841. The molecule has 0 spiro atoms. The second kappa shape index (κ2) is 12.2. The molecule has 2 aromatic heterocycles. The summed E-state index contributed by atoms with van der Waals surface area (Å²) < 4.78 is 11.6. The Hall–Kier alpha value is -4.01. The zero-order chi connectivity index (χ0) is 28.0. The largest absolute Gasteiger partial charge is 0.493 e. The standard InChI is InChI=1S/C30H38N6O3/c1-19-6-7-21-8-9-24(35-29(21)34-19)12-13-38-25-10-11-26(22(14-25)16-31)36-27(15-28(37)39-30(3,4)5)23-17-32-20(2)33-18-23/h8-11,14,16-19,27,31,36H,6-7,12-13,15H2,1-5H3,(H,34,35). The van der Waals surface area contributed by atoms with E-state index in [0.29, 0.717) is 41.9 Å². The molecule has 206 valence electrons. The van der Waals surface area contributed by atoms with Gasteiger partial charge >= 0.3 is 5.97 Å². The molecule has 1 aliphatic rings.